The Morgan fingerprint density at radius 1 is 1.19 bits per heavy atom. The molecular weight excluding hydrogens is 328 g/mol. The van der Waals surface area contributed by atoms with Crippen LogP contribution in [0.4, 0.5) is 0 Å². The summed E-state index contributed by atoms with van der Waals surface area (Å²) in [5.74, 6) is 1.71. The van der Waals surface area contributed by atoms with E-state index in [1.54, 1.807) is 14.2 Å². The fourth-order valence-electron chi connectivity index (χ4n) is 4.72. The molecule has 2 rings (SSSR count). The number of hydrogen-bond donors (Lipinski definition) is 1. The average Bonchev–Trinajstić information content (AvgIpc) is 2.50. The maximum Gasteiger partial charge on any atom is 0.224 e. The fraction of sp³-hybridized carbons (Fsp3) is 0.667. The minimum absolute atomic E-state index is 0.0468. The van der Waals surface area contributed by atoms with Gasteiger partial charge >= 0.3 is 0 Å². The Bertz CT molecular complexity index is 637. The molecule has 1 fully saturated rings. The first-order valence-electron chi connectivity index (χ1n) is 9.32. The summed E-state index contributed by atoms with van der Waals surface area (Å²) in [5.41, 5.74) is 6.76. The Labute approximate surface area is 157 Å². The summed E-state index contributed by atoms with van der Waals surface area (Å²) in [6.45, 7) is 10.5. The van der Waals surface area contributed by atoms with Gasteiger partial charge in [-0.1, -0.05) is 13.0 Å². The van der Waals surface area contributed by atoms with Gasteiger partial charge in [-0.05, 0) is 58.1 Å². The average molecular weight is 363 g/mol. The minimum Gasteiger partial charge on any atom is -0.497 e. The monoisotopic (exact) mass is 362 g/mol. The molecule has 1 atom stereocenters. The zero-order chi connectivity index (χ0) is 19.7. The molecule has 2 N–H and O–H groups in total. The van der Waals surface area contributed by atoms with Crippen LogP contribution in [0.5, 0.6) is 11.5 Å². The van der Waals surface area contributed by atoms with E-state index in [4.69, 9.17) is 15.2 Å². The van der Waals surface area contributed by atoms with Gasteiger partial charge in [-0.3, -0.25) is 4.79 Å². The lowest BCUT2D eigenvalue weighted by Crippen LogP contribution is -2.65. The van der Waals surface area contributed by atoms with E-state index >= 15 is 0 Å². The van der Waals surface area contributed by atoms with Crippen molar-refractivity contribution in [2.45, 2.75) is 76.9 Å². The molecule has 0 radical (unpaired) electrons. The first-order valence-corrected chi connectivity index (χ1v) is 9.32. The Morgan fingerprint density at radius 2 is 1.77 bits per heavy atom. The van der Waals surface area contributed by atoms with Gasteiger partial charge in [-0.15, -0.1) is 0 Å². The van der Waals surface area contributed by atoms with Gasteiger partial charge in [0.05, 0.1) is 14.2 Å². The van der Waals surface area contributed by atoms with Crippen LogP contribution in [0.2, 0.25) is 0 Å². The lowest BCUT2D eigenvalue weighted by Gasteiger charge is -2.55. The molecule has 0 bridgehead atoms. The van der Waals surface area contributed by atoms with Gasteiger partial charge < -0.3 is 20.1 Å². The van der Waals surface area contributed by atoms with Crippen LogP contribution < -0.4 is 15.2 Å². The van der Waals surface area contributed by atoms with Crippen molar-refractivity contribution in [3.8, 4) is 11.5 Å². The largest absolute Gasteiger partial charge is 0.497 e. The van der Waals surface area contributed by atoms with E-state index in [1.165, 1.54) is 0 Å². The van der Waals surface area contributed by atoms with Gasteiger partial charge in [0, 0.05) is 29.6 Å². The summed E-state index contributed by atoms with van der Waals surface area (Å²) in [6.07, 6.45) is 2.08. The summed E-state index contributed by atoms with van der Waals surface area (Å²) in [7, 11) is 3.28. The van der Waals surface area contributed by atoms with Crippen molar-refractivity contribution in [2.24, 2.45) is 5.73 Å². The highest BCUT2D eigenvalue weighted by Gasteiger charge is 2.46. The lowest BCUT2D eigenvalue weighted by molar-refractivity contribution is -0.150. The van der Waals surface area contributed by atoms with Crippen LogP contribution in [-0.4, -0.2) is 42.1 Å². The number of nitrogens with two attached hydrogens (primary N) is 1. The summed E-state index contributed by atoms with van der Waals surface area (Å²) >= 11 is 0. The Kier molecular flexibility index (Phi) is 5.91. The second-order valence-corrected chi connectivity index (χ2v) is 8.74. The second-order valence-electron chi connectivity index (χ2n) is 8.74. The van der Waals surface area contributed by atoms with E-state index in [2.05, 4.69) is 39.5 Å². The molecule has 1 heterocycles. The molecule has 0 spiro atoms. The molecule has 1 aromatic rings. The summed E-state index contributed by atoms with van der Waals surface area (Å²) < 4.78 is 10.8. The number of piperidine rings is 1. The SMILES string of the molecule is COc1ccc(C(C)CC(=O)N2C(C)(C)CC(N)CC2(C)C)c(OC)c1. The van der Waals surface area contributed by atoms with Gasteiger partial charge in [-0.25, -0.2) is 0 Å². The summed E-state index contributed by atoms with van der Waals surface area (Å²) in [4.78, 5) is 15.3. The van der Waals surface area contributed by atoms with Crippen LogP contribution in [0.15, 0.2) is 18.2 Å². The predicted octanol–water partition coefficient (Wildman–Crippen LogP) is 3.70. The molecule has 5 nitrogen and oxygen atoms in total. The van der Waals surface area contributed by atoms with Gasteiger partial charge in [0.15, 0.2) is 0 Å². The molecule has 0 aromatic heterocycles. The van der Waals surface area contributed by atoms with Crippen molar-refractivity contribution in [3.05, 3.63) is 23.8 Å². The molecule has 1 saturated heterocycles. The number of benzene rings is 1. The van der Waals surface area contributed by atoms with Crippen LogP contribution in [0, 0.1) is 0 Å². The van der Waals surface area contributed by atoms with Crippen molar-refractivity contribution in [1.82, 2.24) is 4.90 Å². The number of methoxy groups -OCH3 is 2. The molecular formula is C21H34N2O3. The molecule has 1 aliphatic rings. The third-order valence-corrected chi connectivity index (χ3v) is 5.44. The molecule has 1 aromatic carbocycles. The van der Waals surface area contributed by atoms with Gasteiger partial charge in [0.2, 0.25) is 5.91 Å². The number of amides is 1. The third-order valence-electron chi connectivity index (χ3n) is 5.44. The second kappa shape index (κ2) is 7.47. The maximum absolute atomic E-state index is 13.3. The van der Waals surface area contributed by atoms with E-state index in [1.807, 2.05) is 18.2 Å². The van der Waals surface area contributed by atoms with Crippen LogP contribution >= 0.6 is 0 Å². The highest BCUT2D eigenvalue weighted by atomic mass is 16.5. The summed E-state index contributed by atoms with van der Waals surface area (Å²) in [5, 5.41) is 0. The molecule has 0 aliphatic carbocycles. The van der Waals surface area contributed by atoms with E-state index in [0.29, 0.717) is 6.42 Å². The molecule has 5 heteroatoms. The number of rotatable bonds is 5. The normalized spacial score (nSPS) is 20.5. The molecule has 146 valence electrons. The first-order chi connectivity index (χ1) is 12.0. The molecule has 1 aliphatic heterocycles. The third kappa shape index (κ3) is 4.14. The zero-order valence-corrected chi connectivity index (χ0v) is 17.3. The maximum atomic E-state index is 13.3. The number of likely N-dealkylation sites (tertiary alicyclic amines) is 1. The zero-order valence-electron chi connectivity index (χ0n) is 17.3. The predicted molar refractivity (Wildman–Crippen MR) is 105 cm³/mol. The highest BCUT2D eigenvalue weighted by molar-refractivity contribution is 5.79. The topological polar surface area (TPSA) is 64.8 Å². The number of nitrogens with zero attached hydrogens (tertiary/aromatic N) is 1. The number of carbonyl (C=O) groups excluding carboxylic acids is 1. The van der Waals surface area contributed by atoms with Crippen molar-refractivity contribution in [2.75, 3.05) is 14.2 Å². The quantitative estimate of drug-likeness (QED) is 0.867. The van der Waals surface area contributed by atoms with Crippen molar-refractivity contribution < 1.29 is 14.3 Å². The van der Waals surface area contributed by atoms with Crippen LogP contribution in [0.25, 0.3) is 0 Å². The van der Waals surface area contributed by atoms with Crippen molar-refractivity contribution in [3.63, 3.8) is 0 Å². The van der Waals surface area contributed by atoms with Gasteiger partial charge in [0.1, 0.15) is 11.5 Å². The Morgan fingerprint density at radius 3 is 2.27 bits per heavy atom. The fourth-order valence-corrected chi connectivity index (χ4v) is 4.72. The lowest BCUT2D eigenvalue weighted by atomic mass is 9.76. The number of ether oxygens (including phenoxy) is 2. The van der Waals surface area contributed by atoms with E-state index < -0.39 is 0 Å². The Balaban J connectivity index is 2.23. The smallest absolute Gasteiger partial charge is 0.224 e. The molecule has 1 unspecified atom stereocenters. The van der Waals surface area contributed by atoms with Crippen LogP contribution in [-0.2, 0) is 4.79 Å². The van der Waals surface area contributed by atoms with Crippen LogP contribution in [0.3, 0.4) is 0 Å². The minimum atomic E-state index is -0.248. The number of carbonyl (C=O) groups is 1. The van der Waals surface area contributed by atoms with Crippen molar-refractivity contribution in [1.29, 1.82) is 0 Å². The first kappa shape index (κ1) is 20.6. The van der Waals surface area contributed by atoms with E-state index in [-0.39, 0.29) is 28.9 Å². The molecule has 0 saturated carbocycles. The van der Waals surface area contributed by atoms with Crippen LogP contribution in [0.1, 0.15) is 65.4 Å². The molecule has 26 heavy (non-hydrogen) atoms. The van der Waals surface area contributed by atoms with E-state index in [9.17, 15) is 4.79 Å². The van der Waals surface area contributed by atoms with E-state index in [0.717, 1.165) is 29.9 Å². The standard InChI is InChI=1S/C21H34N2O3/c1-14(17-9-8-16(25-6)11-18(17)26-7)10-19(24)23-20(2,3)12-15(22)13-21(23,4)5/h8-9,11,14-15H,10,12-13,22H2,1-7H3. The van der Waals surface area contributed by atoms with Crippen molar-refractivity contribution >= 4 is 5.91 Å². The van der Waals surface area contributed by atoms with Gasteiger partial charge in [-0.2, -0.15) is 0 Å². The Hall–Kier alpha value is -1.75. The summed E-state index contributed by atoms with van der Waals surface area (Å²) in [6, 6.07) is 5.89. The molecule has 1 amide bonds. The number of hydrogen-bond acceptors (Lipinski definition) is 4. The van der Waals surface area contributed by atoms with Gasteiger partial charge in [0.25, 0.3) is 0 Å². The highest BCUT2D eigenvalue weighted by Crippen LogP contribution is 2.40.